The third-order valence-corrected chi connectivity index (χ3v) is 4.74. The Labute approximate surface area is 136 Å². The van der Waals surface area contributed by atoms with Crippen LogP contribution in [0.5, 0.6) is 0 Å². The lowest BCUT2D eigenvalue weighted by Gasteiger charge is -2.17. The van der Waals surface area contributed by atoms with Crippen LogP contribution in [0, 0.1) is 11.8 Å². The number of hydrogen-bond donors (Lipinski definition) is 2. The van der Waals surface area contributed by atoms with Crippen LogP contribution in [0.15, 0.2) is 24.3 Å². The Kier molecular flexibility index (Phi) is 5.49. The predicted octanol–water partition coefficient (Wildman–Crippen LogP) is 2.37. The highest BCUT2D eigenvalue weighted by atomic mass is 35.5. The maximum absolute atomic E-state index is 12.0. The standard InChI is InChI=1S/C15H20ClN3O.ClH/c16-11-2-4-12(5-3-11)18-15(20)9-19-7-10-1-6-14(17)13(10)8-19;/h2-5,10,13-14H,1,6-9,17H2,(H,18,20);1H. The summed E-state index contributed by atoms with van der Waals surface area (Å²) in [5.41, 5.74) is 6.90. The molecule has 2 fully saturated rings. The van der Waals surface area contributed by atoms with Gasteiger partial charge in [0.05, 0.1) is 6.54 Å². The lowest BCUT2D eigenvalue weighted by molar-refractivity contribution is -0.117. The number of halogens is 2. The summed E-state index contributed by atoms with van der Waals surface area (Å²) in [5.74, 6) is 1.30. The molecular weight excluding hydrogens is 309 g/mol. The molecule has 0 bridgehead atoms. The Hall–Kier alpha value is -0.810. The molecule has 3 rings (SSSR count). The summed E-state index contributed by atoms with van der Waals surface area (Å²) in [6.07, 6.45) is 2.35. The van der Waals surface area contributed by atoms with Gasteiger partial charge in [0.15, 0.2) is 0 Å². The van der Waals surface area contributed by atoms with Crippen LogP contribution in [0.25, 0.3) is 0 Å². The topological polar surface area (TPSA) is 58.4 Å². The summed E-state index contributed by atoms with van der Waals surface area (Å²) in [7, 11) is 0. The molecule has 1 aromatic carbocycles. The van der Waals surface area contributed by atoms with Gasteiger partial charge >= 0.3 is 0 Å². The van der Waals surface area contributed by atoms with Crippen LogP contribution in [-0.2, 0) is 4.79 Å². The number of nitrogens with zero attached hydrogens (tertiary/aromatic N) is 1. The van der Waals surface area contributed by atoms with Crippen molar-refractivity contribution in [3.05, 3.63) is 29.3 Å². The molecule has 0 spiro atoms. The van der Waals surface area contributed by atoms with Gasteiger partial charge in [0, 0.05) is 29.8 Å². The average molecular weight is 330 g/mol. The van der Waals surface area contributed by atoms with E-state index in [0.717, 1.165) is 25.2 Å². The normalized spacial score (nSPS) is 28.0. The fourth-order valence-electron chi connectivity index (χ4n) is 3.47. The summed E-state index contributed by atoms with van der Waals surface area (Å²) < 4.78 is 0. The first-order valence-electron chi connectivity index (χ1n) is 7.15. The summed E-state index contributed by atoms with van der Waals surface area (Å²) in [5, 5.41) is 3.57. The van der Waals surface area contributed by atoms with E-state index in [0.29, 0.717) is 29.4 Å². The second kappa shape index (κ2) is 6.97. The Morgan fingerprint density at radius 1 is 1.29 bits per heavy atom. The number of benzene rings is 1. The molecule has 1 heterocycles. The minimum absolute atomic E-state index is 0. The highest BCUT2D eigenvalue weighted by Gasteiger charge is 2.41. The number of fused-ring (bicyclic) bond motifs is 1. The molecule has 1 aliphatic carbocycles. The maximum Gasteiger partial charge on any atom is 0.238 e. The smallest absolute Gasteiger partial charge is 0.238 e. The van der Waals surface area contributed by atoms with E-state index in [1.807, 2.05) is 12.1 Å². The number of likely N-dealkylation sites (tertiary alicyclic amines) is 1. The van der Waals surface area contributed by atoms with E-state index in [-0.39, 0.29) is 18.3 Å². The van der Waals surface area contributed by atoms with Crippen LogP contribution in [-0.4, -0.2) is 36.5 Å². The van der Waals surface area contributed by atoms with Gasteiger partial charge in [-0.3, -0.25) is 9.69 Å². The van der Waals surface area contributed by atoms with Gasteiger partial charge in [0.25, 0.3) is 0 Å². The zero-order valence-electron chi connectivity index (χ0n) is 11.8. The SMILES string of the molecule is Cl.NC1CCC2CN(CC(=O)Nc3ccc(Cl)cc3)CC12. The number of nitrogens with one attached hydrogen (secondary N) is 1. The molecule has 116 valence electrons. The van der Waals surface area contributed by atoms with Gasteiger partial charge in [-0.2, -0.15) is 0 Å². The lowest BCUT2D eigenvalue weighted by atomic mass is 9.98. The number of nitrogens with two attached hydrogens (primary N) is 1. The molecule has 21 heavy (non-hydrogen) atoms. The van der Waals surface area contributed by atoms with Crippen molar-refractivity contribution in [2.75, 3.05) is 25.0 Å². The first-order chi connectivity index (χ1) is 9.61. The molecular formula is C15H21Cl2N3O. The molecule has 1 aliphatic heterocycles. The van der Waals surface area contributed by atoms with Gasteiger partial charge in [0.2, 0.25) is 5.91 Å². The summed E-state index contributed by atoms with van der Waals surface area (Å²) in [6, 6.07) is 7.50. The van der Waals surface area contributed by atoms with Crippen molar-refractivity contribution >= 4 is 35.6 Å². The Morgan fingerprint density at radius 3 is 2.67 bits per heavy atom. The molecule has 1 saturated heterocycles. The molecule has 6 heteroatoms. The van der Waals surface area contributed by atoms with Crippen molar-refractivity contribution in [2.24, 2.45) is 17.6 Å². The molecule has 3 N–H and O–H groups in total. The fraction of sp³-hybridized carbons (Fsp3) is 0.533. The van der Waals surface area contributed by atoms with Gasteiger partial charge in [-0.05, 0) is 48.9 Å². The van der Waals surface area contributed by atoms with E-state index in [1.54, 1.807) is 12.1 Å². The number of amides is 1. The highest BCUT2D eigenvalue weighted by Crippen LogP contribution is 2.36. The summed E-state index contributed by atoms with van der Waals surface area (Å²) in [6.45, 7) is 2.41. The van der Waals surface area contributed by atoms with Crippen LogP contribution in [0.2, 0.25) is 5.02 Å². The number of carbonyl (C=O) groups is 1. The van der Waals surface area contributed by atoms with Gasteiger partial charge in [-0.15, -0.1) is 12.4 Å². The zero-order valence-corrected chi connectivity index (χ0v) is 13.4. The Bertz CT molecular complexity index is 494. The monoisotopic (exact) mass is 329 g/mol. The minimum Gasteiger partial charge on any atom is -0.327 e. The summed E-state index contributed by atoms with van der Waals surface area (Å²) >= 11 is 5.82. The molecule has 4 nitrogen and oxygen atoms in total. The molecule has 0 aromatic heterocycles. The minimum atomic E-state index is 0. The van der Waals surface area contributed by atoms with E-state index >= 15 is 0 Å². The molecule has 2 aliphatic rings. The van der Waals surface area contributed by atoms with Gasteiger partial charge in [-0.1, -0.05) is 11.6 Å². The molecule has 3 unspecified atom stereocenters. The van der Waals surface area contributed by atoms with Crippen molar-refractivity contribution in [1.82, 2.24) is 4.90 Å². The highest BCUT2D eigenvalue weighted by molar-refractivity contribution is 6.30. The van der Waals surface area contributed by atoms with Gasteiger partial charge < -0.3 is 11.1 Å². The second-order valence-electron chi connectivity index (χ2n) is 5.91. The number of hydrogen-bond acceptors (Lipinski definition) is 3. The average Bonchev–Trinajstić information content (AvgIpc) is 2.95. The number of rotatable bonds is 3. The first-order valence-corrected chi connectivity index (χ1v) is 7.53. The van der Waals surface area contributed by atoms with Crippen molar-refractivity contribution < 1.29 is 4.79 Å². The lowest BCUT2D eigenvalue weighted by Crippen LogP contribution is -2.34. The third kappa shape index (κ3) is 3.89. The van der Waals surface area contributed by atoms with Gasteiger partial charge in [-0.25, -0.2) is 0 Å². The fourth-order valence-corrected chi connectivity index (χ4v) is 3.59. The molecule has 0 radical (unpaired) electrons. The van der Waals surface area contributed by atoms with E-state index in [2.05, 4.69) is 10.2 Å². The van der Waals surface area contributed by atoms with E-state index < -0.39 is 0 Å². The Morgan fingerprint density at radius 2 is 2.00 bits per heavy atom. The van der Waals surface area contributed by atoms with E-state index in [9.17, 15) is 4.79 Å². The van der Waals surface area contributed by atoms with Crippen molar-refractivity contribution in [2.45, 2.75) is 18.9 Å². The van der Waals surface area contributed by atoms with Crippen molar-refractivity contribution in [1.29, 1.82) is 0 Å². The second-order valence-corrected chi connectivity index (χ2v) is 6.35. The number of anilines is 1. The van der Waals surface area contributed by atoms with Crippen LogP contribution in [0.4, 0.5) is 5.69 Å². The third-order valence-electron chi connectivity index (χ3n) is 4.48. The van der Waals surface area contributed by atoms with E-state index in [1.165, 1.54) is 6.42 Å². The van der Waals surface area contributed by atoms with Crippen LogP contribution < -0.4 is 11.1 Å². The van der Waals surface area contributed by atoms with E-state index in [4.69, 9.17) is 17.3 Å². The largest absolute Gasteiger partial charge is 0.327 e. The molecule has 1 aromatic rings. The Balaban J connectivity index is 0.00000161. The summed E-state index contributed by atoms with van der Waals surface area (Å²) in [4.78, 5) is 14.3. The van der Waals surface area contributed by atoms with Crippen molar-refractivity contribution in [3.8, 4) is 0 Å². The maximum atomic E-state index is 12.0. The zero-order chi connectivity index (χ0) is 14.1. The first kappa shape index (κ1) is 16.6. The quantitative estimate of drug-likeness (QED) is 0.895. The van der Waals surface area contributed by atoms with Crippen LogP contribution >= 0.6 is 24.0 Å². The van der Waals surface area contributed by atoms with Crippen LogP contribution in [0.3, 0.4) is 0 Å². The molecule has 3 atom stereocenters. The molecule has 1 saturated carbocycles. The van der Waals surface area contributed by atoms with Crippen LogP contribution in [0.1, 0.15) is 12.8 Å². The molecule has 1 amide bonds. The number of carbonyl (C=O) groups excluding carboxylic acids is 1. The van der Waals surface area contributed by atoms with Crippen molar-refractivity contribution in [3.63, 3.8) is 0 Å². The predicted molar refractivity (Wildman–Crippen MR) is 88.0 cm³/mol. The van der Waals surface area contributed by atoms with Gasteiger partial charge in [0.1, 0.15) is 0 Å².